The second-order valence-corrected chi connectivity index (χ2v) is 6.68. The molecule has 1 atom stereocenters. The molecule has 0 aliphatic rings. The number of halogens is 4. The van der Waals surface area contributed by atoms with Gasteiger partial charge in [-0.15, -0.1) is 0 Å². The second-order valence-electron chi connectivity index (χ2n) is 3.59. The van der Waals surface area contributed by atoms with E-state index in [0.29, 0.717) is 0 Å². The number of alkyl halides is 1. The zero-order valence-electron chi connectivity index (χ0n) is 8.63. The Hall–Kier alpha value is 0.170. The lowest BCUT2D eigenvalue weighted by atomic mass is 10.1. The summed E-state index contributed by atoms with van der Waals surface area (Å²) < 4.78 is 2.00. The third-order valence-corrected chi connectivity index (χ3v) is 5.20. The fraction of sp³-hybridized carbons (Fsp3) is 0.0769. The van der Waals surface area contributed by atoms with Crippen LogP contribution in [0.3, 0.4) is 0 Å². The van der Waals surface area contributed by atoms with Crippen LogP contribution in [0, 0.1) is 0 Å². The molecule has 0 saturated heterocycles. The van der Waals surface area contributed by atoms with Crippen molar-refractivity contribution in [3.8, 4) is 0 Å². The minimum atomic E-state index is 0.171. The molecule has 0 bridgehead atoms. The van der Waals surface area contributed by atoms with Crippen molar-refractivity contribution in [2.24, 2.45) is 0 Å². The first-order chi connectivity index (χ1) is 8.08. The zero-order valence-corrected chi connectivity index (χ0v) is 14.1. The van der Waals surface area contributed by atoms with Crippen LogP contribution in [0.15, 0.2) is 51.4 Å². The Balaban J connectivity index is 2.33. The molecular formula is C13H8Br3Cl. The third-order valence-electron chi connectivity index (χ3n) is 2.40. The third kappa shape index (κ3) is 3.34. The van der Waals surface area contributed by atoms with Gasteiger partial charge >= 0.3 is 0 Å². The largest absolute Gasteiger partial charge is 0.0831 e. The van der Waals surface area contributed by atoms with E-state index in [0.717, 1.165) is 14.0 Å². The maximum atomic E-state index is 5.98. The van der Waals surface area contributed by atoms with Crippen LogP contribution in [0.1, 0.15) is 16.0 Å². The molecule has 2 aromatic rings. The fourth-order valence-corrected chi connectivity index (χ4v) is 2.86. The second kappa shape index (κ2) is 5.87. The lowest BCUT2D eigenvalue weighted by Gasteiger charge is -2.11. The van der Waals surface area contributed by atoms with Gasteiger partial charge in [0.15, 0.2) is 0 Å². The standard InChI is InChI=1S/C13H8Br3Cl/c14-10-4-1-8(2-5-10)13(16)9-3-6-12(17)11(15)7-9/h1-7,13H. The molecule has 0 fully saturated rings. The van der Waals surface area contributed by atoms with E-state index in [1.807, 2.05) is 30.3 Å². The van der Waals surface area contributed by atoms with Gasteiger partial charge in [-0.1, -0.05) is 61.7 Å². The van der Waals surface area contributed by atoms with Crippen LogP contribution in [-0.4, -0.2) is 0 Å². The normalized spacial score (nSPS) is 12.5. The van der Waals surface area contributed by atoms with Gasteiger partial charge in [0.05, 0.1) is 9.85 Å². The minimum Gasteiger partial charge on any atom is -0.0831 e. The Labute approximate surface area is 131 Å². The predicted octanol–water partition coefficient (Wildman–Crippen LogP) is 6.35. The molecule has 2 rings (SSSR count). The van der Waals surface area contributed by atoms with Crippen molar-refractivity contribution in [1.82, 2.24) is 0 Å². The van der Waals surface area contributed by atoms with E-state index in [1.165, 1.54) is 11.1 Å². The van der Waals surface area contributed by atoms with Crippen LogP contribution in [0.4, 0.5) is 0 Å². The summed E-state index contributed by atoms with van der Waals surface area (Å²) in [7, 11) is 0. The lowest BCUT2D eigenvalue weighted by Crippen LogP contribution is -1.92. The average molecular weight is 439 g/mol. The summed E-state index contributed by atoms with van der Waals surface area (Å²) in [5, 5.41) is 0.726. The molecule has 17 heavy (non-hydrogen) atoms. The van der Waals surface area contributed by atoms with Crippen LogP contribution in [-0.2, 0) is 0 Å². The highest BCUT2D eigenvalue weighted by Gasteiger charge is 2.11. The SMILES string of the molecule is Clc1ccc(C(Br)c2ccc(Br)cc2)cc1Br. The van der Waals surface area contributed by atoms with E-state index in [4.69, 9.17) is 11.6 Å². The summed E-state index contributed by atoms with van der Waals surface area (Å²) in [6.07, 6.45) is 0. The molecule has 0 radical (unpaired) electrons. The molecular weight excluding hydrogens is 431 g/mol. The lowest BCUT2D eigenvalue weighted by molar-refractivity contribution is 1.17. The van der Waals surface area contributed by atoms with Crippen LogP contribution >= 0.6 is 59.4 Å². The molecule has 0 spiro atoms. The van der Waals surface area contributed by atoms with Crippen LogP contribution in [0.25, 0.3) is 0 Å². The summed E-state index contributed by atoms with van der Waals surface area (Å²) in [6.45, 7) is 0. The first-order valence-corrected chi connectivity index (χ1v) is 7.80. The maximum Gasteiger partial charge on any atom is 0.0645 e. The van der Waals surface area contributed by atoms with Crippen molar-refractivity contribution >= 4 is 59.4 Å². The summed E-state index contributed by atoms with van der Waals surface area (Å²) in [5.74, 6) is 0. The van der Waals surface area contributed by atoms with E-state index < -0.39 is 0 Å². The van der Waals surface area contributed by atoms with Crippen LogP contribution in [0.5, 0.6) is 0 Å². The first-order valence-electron chi connectivity index (χ1n) is 4.92. The van der Waals surface area contributed by atoms with E-state index in [-0.39, 0.29) is 4.83 Å². The van der Waals surface area contributed by atoms with Gasteiger partial charge < -0.3 is 0 Å². The quantitative estimate of drug-likeness (QED) is 0.479. The van der Waals surface area contributed by atoms with Gasteiger partial charge in [0.25, 0.3) is 0 Å². The molecule has 0 amide bonds. The summed E-state index contributed by atoms with van der Waals surface area (Å²) in [5.41, 5.74) is 2.38. The molecule has 88 valence electrons. The van der Waals surface area contributed by atoms with Gasteiger partial charge in [0, 0.05) is 8.95 Å². The average Bonchev–Trinajstić information content (AvgIpc) is 2.33. The van der Waals surface area contributed by atoms with Crippen molar-refractivity contribution in [3.63, 3.8) is 0 Å². The van der Waals surface area contributed by atoms with E-state index in [9.17, 15) is 0 Å². The highest BCUT2D eigenvalue weighted by molar-refractivity contribution is 9.11. The molecule has 0 aromatic heterocycles. The topological polar surface area (TPSA) is 0 Å². The van der Waals surface area contributed by atoms with Crippen molar-refractivity contribution in [2.45, 2.75) is 4.83 Å². The number of hydrogen-bond donors (Lipinski definition) is 0. The molecule has 0 aliphatic heterocycles. The van der Waals surface area contributed by atoms with Crippen molar-refractivity contribution in [3.05, 3.63) is 67.6 Å². The molecule has 0 heterocycles. The Bertz CT molecular complexity index is 523. The molecule has 0 aliphatic carbocycles. The van der Waals surface area contributed by atoms with Gasteiger partial charge in [-0.3, -0.25) is 0 Å². The maximum absolute atomic E-state index is 5.98. The minimum absolute atomic E-state index is 0.171. The van der Waals surface area contributed by atoms with E-state index >= 15 is 0 Å². The number of hydrogen-bond acceptors (Lipinski definition) is 0. The molecule has 0 nitrogen and oxygen atoms in total. The molecule has 1 unspecified atom stereocenters. The van der Waals surface area contributed by atoms with E-state index in [1.54, 1.807) is 0 Å². The van der Waals surface area contributed by atoms with Crippen molar-refractivity contribution in [2.75, 3.05) is 0 Å². The summed E-state index contributed by atoms with van der Waals surface area (Å²) in [6, 6.07) is 14.2. The predicted molar refractivity (Wildman–Crippen MR) is 84.1 cm³/mol. The Kier molecular flexibility index (Phi) is 4.70. The molecule has 0 saturated carbocycles. The Morgan fingerprint density at radius 1 is 0.882 bits per heavy atom. The number of benzene rings is 2. The van der Waals surface area contributed by atoms with Crippen molar-refractivity contribution in [1.29, 1.82) is 0 Å². The first kappa shape index (κ1) is 13.6. The molecule has 2 aromatic carbocycles. The van der Waals surface area contributed by atoms with Gasteiger partial charge in [-0.25, -0.2) is 0 Å². The Morgan fingerprint density at radius 2 is 1.47 bits per heavy atom. The monoisotopic (exact) mass is 436 g/mol. The van der Waals surface area contributed by atoms with E-state index in [2.05, 4.69) is 59.9 Å². The molecule has 4 heteroatoms. The highest BCUT2D eigenvalue weighted by Crippen LogP contribution is 2.34. The van der Waals surface area contributed by atoms with Crippen LogP contribution in [0.2, 0.25) is 5.02 Å². The van der Waals surface area contributed by atoms with Gasteiger partial charge in [-0.2, -0.15) is 0 Å². The van der Waals surface area contributed by atoms with Gasteiger partial charge in [0.2, 0.25) is 0 Å². The number of rotatable bonds is 2. The smallest absolute Gasteiger partial charge is 0.0645 e. The molecule has 0 N–H and O–H groups in total. The highest BCUT2D eigenvalue weighted by atomic mass is 79.9. The van der Waals surface area contributed by atoms with Crippen LogP contribution < -0.4 is 0 Å². The fourth-order valence-electron chi connectivity index (χ4n) is 1.49. The van der Waals surface area contributed by atoms with Gasteiger partial charge in [0.1, 0.15) is 0 Å². The summed E-state index contributed by atoms with van der Waals surface area (Å²) in [4.78, 5) is 0.171. The summed E-state index contributed by atoms with van der Waals surface area (Å²) >= 11 is 16.6. The van der Waals surface area contributed by atoms with Crippen molar-refractivity contribution < 1.29 is 0 Å². The zero-order chi connectivity index (χ0) is 12.4. The Morgan fingerprint density at radius 3 is 2.06 bits per heavy atom. The van der Waals surface area contributed by atoms with Gasteiger partial charge in [-0.05, 0) is 51.3 Å².